The van der Waals surface area contributed by atoms with Crippen LogP contribution >= 0.6 is 0 Å². The second-order valence-electron chi connectivity index (χ2n) is 9.18. The first-order chi connectivity index (χ1) is 12.7. The van der Waals surface area contributed by atoms with Gasteiger partial charge < -0.3 is 14.6 Å². The Morgan fingerprint density at radius 3 is 2.11 bits per heavy atom. The van der Waals surface area contributed by atoms with Crippen molar-refractivity contribution in [2.24, 2.45) is 0 Å². The summed E-state index contributed by atoms with van der Waals surface area (Å²) in [6.45, 7) is 10.5. The molecule has 0 radical (unpaired) electrons. The van der Waals surface area contributed by atoms with Crippen LogP contribution in [-0.2, 0) is 23.9 Å². The quantitative estimate of drug-likeness (QED) is 0.549. The number of hydrogen-bond acceptors (Lipinski definition) is 7. The zero-order valence-corrected chi connectivity index (χ0v) is 17.4. The van der Waals surface area contributed by atoms with Crippen molar-refractivity contribution in [2.45, 2.75) is 90.2 Å². The summed E-state index contributed by atoms with van der Waals surface area (Å²) in [5.41, 5.74) is -1.54. The minimum absolute atomic E-state index is 0.224. The Kier molecular flexibility index (Phi) is 6.08. The molecule has 2 saturated heterocycles. The molecule has 2 rings (SSSR count). The normalized spacial score (nSPS) is 25.8. The number of nitrogens with zero attached hydrogens (tertiary/aromatic N) is 2. The third-order valence-electron chi connectivity index (χ3n) is 4.36. The van der Waals surface area contributed by atoms with E-state index < -0.39 is 53.3 Å². The number of hydrogen-bond donors (Lipinski definition) is 1. The van der Waals surface area contributed by atoms with Crippen LogP contribution in [0.4, 0.5) is 4.79 Å². The van der Waals surface area contributed by atoms with Crippen molar-refractivity contribution in [1.29, 1.82) is 0 Å². The highest BCUT2D eigenvalue weighted by Crippen LogP contribution is 2.28. The standard InChI is InChI=1S/C19H30N2O7/c1-18(2,3)27-16(25)12-10-13(22)15(24)21(12)14(23)11-8-7-9-20(11)17(26)28-19(4,5)6/h11-13,22H,7-10H2,1-6H3/t11-,12-,13?/m0/s1. The molecule has 9 nitrogen and oxygen atoms in total. The van der Waals surface area contributed by atoms with E-state index in [9.17, 15) is 24.3 Å². The molecule has 0 spiro atoms. The Bertz CT molecular complexity index is 662. The number of carbonyl (C=O) groups is 4. The Balaban J connectivity index is 2.22. The Morgan fingerprint density at radius 2 is 1.57 bits per heavy atom. The third kappa shape index (κ3) is 5.01. The van der Waals surface area contributed by atoms with Gasteiger partial charge in [0.2, 0.25) is 0 Å². The molecule has 0 aromatic carbocycles. The second-order valence-corrected chi connectivity index (χ2v) is 9.18. The van der Waals surface area contributed by atoms with Crippen LogP contribution in [-0.4, -0.2) is 74.7 Å². The van der Waals surface area contributed by atoms with Gasteiger partial charge in [-0.1, -0.05) is 0 Å². The van der Waals surface area contributed by atoms with Crippen molar-refractivity contribution < 1.29 is 33.8 Å². The molecular formula is C19H30N2O7. The van der Waals surface area contributed by atoms with E-state index in [1.807, 2.05) is 0 Å². The van der Waals surface area contributed by atoms with E-state index in [1.54, 1.807) is 41.5 Å². The smallest absolute Gasteiger partial charge is 0.410 e. The lowest BCUT2D eigenvalue weighted by Crippen LogP contribution is -2.54. The number of imide groups is 1. The van der Waals surface area contributed by atoms with Gasteiger partial charge in [0.15, 0.2) is 0 Å². The van der Waals surface area contributed by atoms with Crippen LogP contribution in [0.15, 0.2) is 0 Å². The lowest BCUT2D eigenvalue weighted by molar-refractivity contribution is -0.166. The highest BCUT2D eigenvalue weighted by atomic mass is 16.6. The molecule has 1 unspecified atom stereocenters. The number of amides is 3. The molecule has 0 saturated carbocycles. The van der Waals surface area contributed by atoms with Gasteiger partial charge in [-0.3, -0.25) is 19.4 Å². The molecule has 2 aliphatic rings. The Hall–Kier alpha value is -2.16. The summed E-state index contributed by atoms with van der Waals surface area (Å²) in [5.74, 6) is -2.30. The molecular weight excluding hydrogens is 368 g/mol. The summed E-state index contributed by atoms with van der Waals surface area (Å²) < 4.78 is 10.6. The van der Waals surface area contributed by atoms with Crippen LogP contribution in [0.25, 0.3) is 0 Å². The predicted octanol–water partition coefficient (Wildman–Crippen LogP) is 1.22. The van der Waals surface area contributed by atoms with Crippen LogP contribution in [0.5, 0.6) is 0 Å². The Morgan fingerprint density at radius 1 is 1.00 bits per heavy atom. The molecule has 2 aliphatic heterocycles. The molecule has 28 heavy (non-hydrogen) atoms. The average Bonchev–Trinajstić information content (AvgIpc) is 3.09. The van der Waals surface area contributed by atoms with E-state index in [2.05, 4.69) is 0 Å². The van der Waals surface area contributed by atoms with E-state index in [-0.39, 0.29) is 6.42 Å². The molecule has 3 atom stereocenters. The van der Waals surface area contributed by atoms with Crippen LogP contribution in [0, 0.1) is 0 Å². The van der Waals surface area contributed by atoms with Crippen molar-refractivity contribution >= 4 is 23.9 Å². The fraction of sp³-hybridized carbons (Fsp3) is 0.789. The molecule has 2 fully saturated rings. The lowest BCUT2D eigenvalue weighted by atomic mass is 10.1. The summed E-state index contributed by atoms with van der Waals surface area (Å²) in [5, 5.41) is 9.95. The first kappa shape index (κ1) is 22.1. The maximum Gasteiger partial charge on any atom is 0.410 e. The summed E-state index contributed by atoms with van der Waals surface area (Å²) in [4.78, 5) is 52.5. The van der Waals surface area contributed by atoms with Gasteiger partial charge in [0, 0.05) is 13.0 Å². The van der Waals surface area contributed by atoms with Crippen LogP contribution < -0.4 is 0 Å². The predicted molar refractivity (Wildman–Crippen MR) is 98.1 cm³/mol. The van der Waals surface area contributed by atoms with E-state index in [4.69, 9.17) is 9.47 Å². The highest BCUT2D eigenvalue weighted by molar-refractivity contribution is 6.06. The zero-order valence-electron chi connectivity index (χ0n) is 17.4. The van der Waals surface area contributed by atoms with Gasteiger partial charge in [-0.05, 0) is 54.4 Å². The molecule has 158 valence electrons. The molecule has 0 aromatic rings. The Labute approximate surface area is 164 Å². The monoisotopic (exact) mass is 398 g/mol. The maximum atomic E-state index is 13.1. The molecule has 3 amide bonds. The van der Waals surface area contributed by atoms with Crippen LogP contribution in [0.2, 0.25) is 0 Å². The second kappa shape index (κ2) is 7.69. The zero-order chi connectivity index (χ0) is 21.4. The van der Waals surface area contributed by atoms with Gasteiger partial charge in [0.05, 0.1) is 0 Å². The first-order valence-electron chi connectivity index (χ1n) is 9.49. The summed E-state index contributed by atoms with van der Waals surface area (Å²) in [6.07, 6.45) is -1.42. The fourth-order valence-electron chi connectivity index (χ4n) is 3.29. The third-order valence-corrected chi connectivity index (χ3v) is 4.36. The minimum Gasteiger partial charge on any atom is -0.458 e. The highest BCUT2D eigenvalue weighted by Gasteiger charge is 2.51. The molecule has 2 heterocycles. The van der Waals surface area contributed by atoms with E-state index in [0.717, 1.165) is 4.90 Å². The van der Waals surface area contributed by atoms with Crippen LogP contribution in [0.3, 0.4) is 0 Å². The minimum atomic E-state index is -1.46. The first-order valence-corrected chi connectivity index (χ1v) is 9.49. The van der Waals surface area contributed by atoms with Gasteiger partial charge in [0.1, 0.15) is 29.4 Å². The summed E-state index contributed by atoms with van der Waals surface area (Å²) in [7, 11) is 0. The van der Waals surface area contributed by atoms with Crippen LogP contribution in [0.1, 0.15) is 60.8 Å². The molecule has 0 aromatic heterocycles. The van der Waals surface area contributed by atoms with E-state index in [1.165, 1.54) is 4.90 Å². The van der Waals surface area contributed by atoms with Gasteiger partial charge >= 0.3 is 12.1 Å². The average molecular weight is 398 g/mol. The maximum absolute atomic E-state index is 13.1. The number of aliphatic hydroxyl groups is 1. The van der Waals surface area contributed by atoms with Crippen molar-refractivity contribution in [3.63, 3.8) is 0 Å². The lowest BCUT2D eigenvalue weighted by Gasteiger charge is -2.31. The largest absolute Gasteiger partial charge is 0.458 e. The van der Waals surface area contributed by atoms with Gasteiger partial charge in [-0.25, -0.2) is 9.59 Å². The molecule has 0 aliphatic carbocycles. The van der Waals surface area contributed by atoms with Crippen molar-refractivity contribution in [1.82, 2.24) is 9.80 Å². The van der Waals surface area contributed by atoms with Gasteiger partial charge in [-0.15, -0.1) is 0 Å². The number of ether oxygens (including phenoxy) is 2. The molecule has 1 N–H and O–H groups in total. The molecule has 9 heteroatoms. The number of aliphatic hydroxyl groups excluding tert-OH is 1. The van der Waals surface area contributed by atoms with Crippen molar-refractivity contribution in [3.05, 3.63) is 0 Å². The SMILES string of the molecule is CC(C)(C)OC(=O)[C@@H]1CC(O)C(=O)N1C(=O)[C@@H]1CCCN1C(=O)OC(C)(C)C. The topological polar surface area (TPSA) is 113 Å². The summed E-state index contributed by atoms with van der Waals surface area (Å²) in [6, 6.07) is -2.13. The number of rotatable bonds is 2. The fourth-order valence-corrected chi connectivity index (χ4v) is 3.29. The van der Waals surface area contributed by atoms with E-state index >= 15 is 0 Å². The number of carbonyl (C=O) groups excluding carboxylic acids is 4. The summed E-state index contributed by atoms with van der Waals surface area (Å²) >= 11 is 0. The number of esters is 1. The van der Waals surface area contributed by atoms with Crippen molar-refractivity contribution in [3.8, 4) is 0 Å². The molecule has 0 bridgehead atoms. The van der Waals surface area contributed by atoms with Gasteiger partial charge in [0.25, 0.3) is 11.8 Å². The van der Waals surface area contributed by atoms with E-state index in [0.29, 0.717) is 19.4 Å². The van der Waals surface area contributed by atoms with Crippen molar-refractivity contribution in [2.75, 3.05) is 6.54 Å². The van der Waals surface area contributed by atoms with Gasteiger partial charge in [-0.2, -0.15) is 0 Å². The number of likely N-dealkylation sites (tertiary alicyclic amines) is 2.